The quantitative estimate of drug-likeness (QED) is 0.435. The Labute approximate surface area is 183 Å². The minimum absolute atomic E-state index is 0.155. The predicted octanol–water partition coefficient (Wildman–Crippen LogP) is 4.34. The van der Waals surface area contributed by atoms with E-state index in [-0.39, 0.29) is 23.2 Å². The van der Waals surface area contributed by atoms with Gasteiger partial charge in [0.1, 0.15) is 11.4 Å². The van der Waals surface area contributed by atoms with Gasteiger partial charge in [-0.15, -0.1) is 18.3 Å². The second kappa shape index (κ2) is 7.86. The van der Waals surface area contributed by atoms with E-state index in [0.29, 0.717) is 22.1 Å². The number of hydrogen-bond donors (Lipinski definition) is 1. The van der Waals surface area contributed by atoms with Crippen LogP contribution >= 0.6 is 0 Å². The Kier molecular flexibility index (Phi) is 4.85. The zero-order valence-electron chi connectivity index (χ0n) is 16.6. The van der Waals surface area contributed by atoms with Gasteiger partial charge in [0.15, 0.2) is 11.5 Å². The maximum absolute atomic E-state index is 12.6. The van der Waals surface area contributed by atoms with Gasteiger partial charge in [0.05, 0.1) is 5.52 Å². The third kappa shape index (κ3) is 4.15. The molecule has 0 atom stereocenters. The predicted molar refractivity (Wildman–Crippen MR) is 114 cm³/mol. The van der Waals surface area contributed by atoms with E-state index >= 15 is 0 Å². The average molecular weight is 450 g/mol. The summed E-state index contributed by atoms with van der Waals surface area (Å²) in [6.45, 7) is 0. The van der Waals surface area contributed by atoms with E-state index < -0.39 is 11.9 Å². The van der Waals surface area contributed by atoms with E-state index in [1.807, 2.05) is 0 Å². The molecule has 8 nitrogen and oxygen atoms in total. The van der Waals surface area contributed by atoms with Crippen molar-refractivity contribution in [1.82, 2.24) is 24.6 Å². The summed E-state index contributed by atoms with van der Waals surface area (Å²) in [7, 11) is 0. The standard InChI is InChI=1S/C22H13F3N6O2/c23-22(24,25)33-14-7-5-6-13(12-14)18-29-19-15-8-1-2-9-16(15)27-21(31(19)30-18)28-17-10-3-4-11-26-20(17)32/h1-12H,(H,26,27,28,32). The maximum Gasteiger partial charge on any atom is 0.573 e. The Morgan fingerprint density at radius 1 is 0.939 bits per heavy atom. The van der Waals surface area contributed by atoms with Gasteiger partial charge in [0.25, 0.3) is 5.56 Å². The molecule has 0 aliphatic carbocycles. The van der Waals surface area contributed by atoms with E-state index in [0.717, 1.165) is 0 Å². The van der Waals surface area contributed by atoms with Crippen molar-refractivity contribution in [2.45, 2.75) is 6.36 Å². The molecule has 1 N–H and O–H groups in total. The first-order valence-corrected chi connectivity index (χ1v) is 9.61. The molecule has 0 aliphatic rings. The molecular weight excluding hydrogens is 437 g/mol. The molecule has 2 aromatic carbocycles. The number of ether oxygens (including phenoxy) is 1. The molecule has 164 valence electrons. The SMILES string of the molecule is O=c1nccccc1Nc1nc2ccccc2c2nc(-c3cccc(OC(F)(F)F)c3)nn12. The number of aromatic nitrogens is 5. The molecule has 3 heterocycles. The summed E-state index contributed by atoms with van der Waals surface area (Å²) < 4.78 is 43.3. The highest BCUT2D eigenvalue weighted by molar-refractivity contribution is 5.93. The number of nitrogens with zero attached hydrogens (tertiary/aromatic N) is 5. The van der Waals surface area contributed by atoms with Crippen LogP contribution < -0.4 is 15.6 Å². The van der Waals surface area contributed by atoms with Crippen LogP contribution in [0.5, 0.6) is 5.75 Å². The topological polar surface area (TPSA) is 94.3 Å². The van der Waals surface area contributed by atoms with Gasteiger partial charge in [-0.1, -0.05) is 30.3 Å². The lowest BCUT2D eigenvalue weighted by atomic mass is 10.2. The number of anilines is 2. The minimum Gasteiger partial charge on any atom is -0.406 e. The van der Waals surface area contributed by atoms with E-state index in [9.17, 15) is 18.0 Å². The summed E-state index contributed by atoms with van der Waals surface area (Å²) in [6.07, 6.45) is -3.45. The molecule has 5 aromatic rings. The van der Waals surface area contributed by atoms with Gasteiger partial charge in [-0.3, -0.25) is 4.79 Å². The molecule has 33 heavy (non-hydrogen) atoms. The lowest BCUT2D eigenvalue weighted by molar-refractivity contribution is -0.274. The van der Waals surface area contributed by atoms with Gasteiger partial charge >= 0.3 is 6.36 Å². The lowest BCUT2D eigenvalue weighted by Gasteiger charge is -2.08. The second-order valence-corrected chi connectivity index (χ2v) is 6.87. The number of fused-ring (bicyclic) bond motifs is 3. The van der Waals surface area contributed by atoms with Crippen LogP contribution in [0.25, 0.3) is 27.9 Å². The Hall–Kier alpha value is -4.54. The first-order chi connectivity index (χ1) is 15.9. The number of halogens is 3. The van der Waals surface area contributed by atoms with Crippen molar-refractivity contribution in [3.05, 3.63) is 83.3 Å². The molecule has 5 rings (SSSR count). The fourth-order valence-electron chi connectivity index (χ4n) is 3.26. The highest BCUT2D eigenvalue weighted by atomic mass is 19.4. The van der Waals surface area contributed by atoms with Crippen molar-refractivity contribution < 1.29 is 17.9 Å². The molecule has 0 unspecified atom stereocenters. The fourth-order valence-corrected chi connectivity index (χ4v) is 3.26. The van der Waals surface area contributed by atoms with Crippen molar-refractivity contribution >= 4 is 28.2 Å². The number of alkyl halides is 3. The molecule has 0 saturated carbocycles. The zero-order chi connectivity index (χ0) is 23.0. The lowest BCUT2D eigenvalue weighted by Crippen LogP contribution is -2.17. The van der Waals surface area contributed by atoms with Gasteiger partial charge < -0.3 is 10.1 Å². The molecule has 11 heteroatoms. The molecule has 0 bridgehead atoms. The van der Waals surface area contributed by atoms with E-state index in [4.69, 9.17) is 0 Å². The average Bonchev–Trinajstić information content (AvgIpc) is 3.13. The molecular formula is C22H13F3N6O2. The molecule has 0 saturated heterocycles. The van der Waals surface area contributed by atoms with E-state index in [1.54, 1.807) is 48.5 Å². The van der Waals surface area contributed by atoms with Crippen LogP contribution in [0.15, 0.2) is 77.7 Å². The van der Waals surface area contributed by atoms with Gasteiger partial charge in [-0.25, -0.2) is 15.0 Å². The van der Waals surface area contributed by atoms with Gasteiger partial charge in [-0.05, 0) is 36.4 Å². The molecule has 0 spiro atoms. The maximum atomic E-state index is 12.6. The Morgan fingerprint density at radius 2 is 1.76 bits per heavy atom. The van der Waals surface area contributed by atoms with Crippen molar-refractivity contribution in [3.63, 3.8) is 0 Å². The van der Waals surface area contributed by atoms with Crippen molar-refractivity contribution in [3.8, 4) is 17.1 Å². The van der Waals surface area contributed by atoms with Crippen molar-refractivity contribution in [2.75, 3.05) is 5.32 Å². The molecule has 3 aromatic heterocycles. The molecule has 0 fully saturated rings. The largest absolute Gasteiger partial charge is 0.573 e. The summed E-state index contributed by atoms with van der Waals surface area (Å²) in [5.41, 5.74) is 0.970. The first-order valence-electron chi connectivity index (χ1n) is 9.61. The minimum atomic E-state index is -4.82. The smallest absolute Gasteiger partial charge is 0.406 e. The number of benzene rings is 2. The van der Waals surface area contributed by atoms with Crippen LogP contribution in [0.1, 0.15) is 0 Å². The summed E-state index contributed by atoms with van der Waals surface area (Å²) in [4.78, 5) is 25.1. The van der Waals surface area contributed by atoms with Crippen LogP contribution in [0.3, 0.4) is 0 Å². The van der Waals surface area contributed by atoms with Crippen molar-refractivity contribution in [2.24, 2.45) is 0 Å². The van der Waals surface area contributed by atoms with Crippen LogP contribution in [0.2, 0.25) is 0 Å². The fraction of sp³-hybridized carbons (Fsp3) is 0.0455. The van der Waals surface area contributed by atoms with Crippen LogP contribution in [-0.2, 0) is 0 Å². The normalized spacial score (nSPS) is 11.6. The second-order valence-electron chi connectivity index (χ2n) is 6.87. The Balaban J connectivity index is 1.68. The van der Waals surface area contributed by atoms with Gasteiger partial charge in [0, 0.05) is 17.1 Å². The van der Waals surface area contributed by atoms with Crippen LogP contribution in [-0.4, -0.2) is 30.9 Å². The van der Waals surface area contributed by atoms with E-state index in [1.165, 1.54) is 28.9 Å². The molecule has 0 amide bonds. The highest BCUT2D eigenvalue weighted by Crippen LogP contribution is 2.29. The Morgan fingerprint density at radius 3 is 2.61 bits per heavy atom. The van der Waals surface area contributed by atoms with Crippen LogP contribution in [0.4, 0.5) is 24.8 Å². The first kappa shape index (κ1) is 20.4. The number of nitrogens with one attached hydrogen (secondary N) is 1. The number of rotatable bonds is 4. The summed E-state index contributed by atoms with van der Waals surface area (Å²) in [6, 6.07) is 17.3. The number of para-hydroxylation sites is 1. The summed E-state index contributed by atoms with van der Waals surface area (Å²) in [5, 5.41) is 8.04. The summed E-state index contributed by atoms with van der Waals surface area (Å²) >= 11 is 0. The summed E-state index contributed by atoms with van der Waals surface area (Å²) in [5.74, 6) is -0.0443. The number of hydrogen-bond acceptors (Lipinski definition) is 7. The zero-order valence-corrected chi connectivity index (χ0v) is 16.6. The third-order valence-electron chi connectivity index (χ3n) is 4.63. The molecule has 0 aliphatic heterocycles. The van der Waals surface area contributed by atoms with Crippen LogP contribution in [0, 0.1) is 0 Å². The monoisotopic (exact) mass is 450 g/mol. The third-order valence-corrected chi connectivity index (χ3v) is 4.63. The highest BCUT2D eigenvalue weighted by Gasteiger charge is 2.31. The molecule has 0 radical (unpaired) electrons. The Bertz CT molecular complexity index is 1550. The van der Waals surface area contributed by atoms with E-state index in [2.05, 4.69) is 30.1 Å². The van der Waals surface area contributed by atoms with Crippen molar-refractivity contribution in [1.29, 1.82) is 0 Å². The van der Waals surface area contributed by atoms with Gasteiger partial charge in [0.2, 0.25) is 5.95 Å². The van der Waals surface area contributed by atoms with Gasteiger partial charge in [-0.2, -0.15) is 4.52 Å².